The van der Waals surface area contributed by atoms with Gasteiger partial charge in [-0.1, -0.05) is 17.3 Å². The van der Waals surface area contributed by atoms with E-state index in [0.29, 0.717) is 17.9 Å². The standard InChI is InChI=1S/C11H14N6O2/c1-7-3-4-9(5-10(7)17(18)19)8(2)12-6-11-13-15-16-14-11/h3-5,8,12H,6H2,1-2H3,(H,13,14,15,16). The second-order valence-corrected chi connectivity index (χ2v) is 4.23. The van der Waals surface area contributed by atoms with E-state index in [0.717, 1.165) is 5.56 Å². The van der Waals surface area contributed by atoms with Crippen LogP contribution >= 0.6 is 0 Å². The van der Waals surface area contributed by atoms with Crippen molar-refractivity contribution in [2.24, 2.45) is 0 Å². The van der Waals surface area contributed by atoms with Crippen LogP contribution in [0.1, 0.15) is 29.9 Å². The zero-order chi connectivity index (χ0) is 13.8. The van der Waals surface area contributed by atoms with Gasteiger partial charge >= 0.3 is 0 Å². The van der Waals surface area contributed by atoms with E-state index in [1.807, 2.05) is 13.0 Å². The smallest absolute Gasteiger partial charge is 0.272 e. The minimum Gasteiger partial charge on any atom is -0.303 e. The average molecular weight is 262 g/mol. The fourth-order valence-corrected chi connectivity index (χ4v) is 1.71. The van der Waals surface area contributed by atoms with Crippen LogP contribution in [0.4, 0.5) is 5.69 Å². The van der Waals surface area contributed by atoms with Gasteiger partial charge in [0.25, 0.3) is 5.69 Å². The van der Waals surface area contributed by atoms with Gasteiger partial charge in [0.05, 0.1) is 11.5 Å². The molecule has 19 heavy (non-hydrogen) atoms. The van der Waals surface area contributed by atoms with Crippen molar-refractivity contribution in [3.05, 3.63) is 45.3 Å². The Labute approximate surface area is 109 Å². The Morgan fingerprint density at radius 3 is 2.95 bits per heavy atom. The molecule has 0 radical (unpaired) electrons. The van der Waals surface area contributed by atoms with Crippen LogP contribution in [0.3, 0.4) is 0 Å². The van der Waals surface area contributed by atoms with E-state index in [-0.39, 0.29) is 16.7 Å². The molecule has 1 heterocycles. The Bertz CT molecular complexity index is 569. The van der Waals surface area contributed by atoms with Gasteiger partial charge in [0, 0.05) is 17.7 Å². The summed E-state index contributed by atoms with van der Waals surface area (Å²) >= 11 is 0. The van der Waals surface area contributed by atoms with Gasteiger partial charge in [-0.25, -0.2) is 0 Å². The molecule has 0 saturated carbocycles. The first-order chi connectivity index (χ1) is 9.08. The third-order valence-corrected chi connectivity index (χ3v) is 2.89. The zero-order valence-electron chi connectivity index (χ0n) is 10.6. The van der Waals surface area contributed by atoms with Gasteiger partial charge in [0.1, 0.15) is 0 Å². The Kier molecular flexibility index (Phi) is 3.81. The van der Waals surface area contributed by atoms with Crippen molar-refractivity contribution in [1.82, 2.24) is 25.9 Å². The molecule has 2 rings (SSSR count). The van der Waals surface area contributed by atoms with Gasteiger partial charge in [0.2, 0.25) is 0 Å². The Balaban J connectivity index is 2.08. The number of hydrogen-bond acceptors (Lipinski definition) is 6. The molecule has 0 saturated heterocycles. The van der Waals surface area contributed by atoms with E-state index >= 15 is 0 Å². The number of aryl methyl sites for hydroxylation is 1. The van der Waals surface area contributed by atoms with Crippen molar-refractivity contribution in [3.8, 4) is 0 Å². The highest BCUT2D eigenvalue weighted by atomic mass is 16.6. The minimum atomic E-state index is -0.370. The van der Waals surface area contributed by atoms with E-state index in [9.17, 15) is 10.1 Å². The van der Waals surface area contributed by atoms with Crippen molar-refractivity contribution in [2.45, 2.75) is 26.4 Å². The maximum atomic E-state index is 10.9. The van der Waals surface area contributed by atoms with Crippen LogP contribution in [0.25, 0.3) is 0 Å². The molecule has 0 amide bonds. The van der Waals surface area contributed by atoms with Crippen LogP contribution < -0.4 is 5.32 Å². The van der Waals surface area contributed by atoms with Crippen LogP contribution in [0, 0.1) is 17.0 Å². The summed E-state index contributed by atoms with van der Waals surface area (Å²) in [6.45, 7) is 4.09. The van der Waals surface area contributed by atoms with Crippen LogP contribution in [-0.4, -0.2) is 25.5 Å². The normalized spacial score (nSPS) is 12.3. The molecule has 2 aromatic rings. The number of aromatic nitrogens is 4. The molecule has 1 aromatic carbocycles. The van der Waals surface area contributed by atoms with Crippen LogP contribution in [-0.2, 0) is 6.54 Å². The minimum absolute atomic E-state index is 0.0437. The summed E-state index contributed by atoms with van der Waals surface area (Å²) in [6, 6.07) is 5.16. The van der Waals surface area contributed by atoms with Crippen molar-refractivity contribution < 1.29 is 4.92 Å². The van der Waals surface area contributed by atoms with Gasteiger partial charge in [-0.15, -0.1) is 10.2 Å². The molecule has 0 aliphatic carbocycles. The van der Waals surface area contributed by atoms with Gasteiger partial charge in [-0.05, 0) is 19.4 Å². The van der Waals surface area contributed by atoms with Gasteiger partial charge in [0.15, 0.2) is 5.82 Å². The summed E-state index contributed by atoms with van der Waals surface area (Å²) in [5, 5.41) is 27.5. The van der Waals surface area contributed by atoms with E-state index in [4.69, 9.17) is 0 Å². The number of nitrogens with zero attached hydrogens (tertiary/aromatic N) is 4. The first-order valence-corrected chi connectivity index (χ1v) is 5.78. The van der Waals surface area contributed by atoms with Crippen LogP contribution in [0.2, 0.25) is 0 Å². The molecule has 2 N–H and O–H groups in total. The molecule has 0 bridgehead atoms. The Morgan fingerprint density at radius 2 is 2.32 bits per heavy atom. The molecular weight excluding hydrogens is 248 g/mol. The lowest BCUT2D eigenvalue weighted by Gasteiger charge is -2.13. The summed E-state index contributed by atoms with van der Waals surface area (Å²) in [5.74, 6) is 0.550. The number of H-pyrrole nitrogens is 1. The summed E-state index contributed by atoms with van der Waals surface area (Å²) in [7, 11) is 0. The lowest BCUT2D eigenvalue weighted by molar-refractivity contribution is -0.385. The fourth-order valence-electron chi connectivity index (χ4n) is 1.71. The third-order valence-electron chi connectivity index (χ3n) is 2.89. The predicted molar refractivity (Wildman–Crippen MR) is 67.3 cm³/mol. The van der Waals surface area contributed by atoms with E-state index in [2.05, 4.69) is 25.9 Å². The Morgan fingerprint density at radius 1 is 1.53 bits per heavy atom. The number of tetrazole rings is 1. The van der Waals surface area contributed by atoms with E-state index < -0.39 is 0 Å². The lowest BCUT2D eigenvalue weighted by Crippen LogP contribution is -2.19. The van der Waals surface area contributed by atoms with E-state index in [1.165, 1.54) is 0 Å². The topological polar surface area (TPSA) is 110 Å². The van der Waals surface area contributed by atoms with Crippen molar-refractivity contribution >= 4 is 5.69 Å². The highest BCUT2D eigenvalue weighted by Gasteiger charge is 2.14. The molecule has 0 aliphatic rings. The van der Waals surface area contributed by atoms with Gasteiger partial charge in [-0.2, -0.15) is 5.21 Å². The number of aromatic amines is 1. The largest absolute Gasteiger partial charge is 0.303 e. The quantitative estimate of drug-likeness (QED) is 0.620. The first-order valence-electron chi connectivity index (χ1n) is 5.78. The molecule has 0 fully saturated rings. The second-order valence-electron chi connectivity index (χ2n) is 4.23. The maximum absolute atomic E-state index is 10.9. The molecule has 1 aromatic heterocycles. The lowest BCUT2D eigenvalue weighted by atomic mass is 10.0. The number of benzene rings is 1. The molecule has 100 valence electrons. The highest BCUT2D eigenvalue weighted by Crippen LogP contribution is 2.23. The van der Waals surface area contributed by atoms with Crippen LogP contribution in [0.5, 0.6) is 0 Å². The number of hydrogen-bond donors (Lipinski definition) is 2. The molecule has 8 nitrogen and oxygen atoms in total. The van der Waals surface area contributed by atoms with Gasteiger partial charge in [-0.3, -0.25) is 10.1 Å². The summed E-state index contributed by atoms with van der Waals surface area (Å²) in [5.41, 5.74) is 1.63. The first kappa shape index (κ1) is 13.1. The third kappa shape index (κ3) is 3.10. The molecule has 1 atom stereocenters. The molecule has 8 heteroatoms. The van der Waals surface area contributed by atoms with Crippen molar-refractivity contribution in [1.29, 1.82) is 0 Å². The molecule has 0 aliphatic heterocycles. The Hall–Kier alpha value is -2.35. The van der Waals surface area contributed by atoms with Crippen molar-refractivity contribution in [2.75, 3.05) is 0 Å². The number of rotatable bonds is 5. The van der Waals surface area contributed by atoms with Crippen molar-refractivity contribution in [3.63, 3.8) is 0 Å². The maximum Gasteiger partial charge on any atom is 0.272 e. The average Bonchev–Trinajstić information content (AvgIpc) is 2.89. The summed E-state index contributed by atoms with van der Waals surface area (Å²) < 4.78 is 0. The fraction of sp³-hybridized carbons (Fsp3) is 0.364. The second kappa shape index (κ2) is 5.53. The number of nitro benzene ring substituents is 1. The van der Waals surface area contributed by atoms with Gasteiger partial charge < -0.3 is 5.32 Å². The number of nitro groups is 1. The monoisotopic (exact) mass is 262 g/mol. The van der Waals surface area contributed by atoms with Crippen LogP contribution in [0.15, 0.2) is 18.2 Å². The summed E-state index contributed by atoms with van der Waals surface area (Å²) in [6.07, 6.45) is 0. The summed E-state index contributed by atoms with van der Waals surface area (Å²) in [4.78, 5) is 10.5. The number of nitrogens with one attached hydrogen (secondary N) is 2. The molecule has 1 unspecified atom stereocenters. The van der Waals surface area contributed by atoms with E-state index in [1.54, 1.807) is 19.1 Å². The predicted octanol–water partition coefficient (Wildman–Crippen LogP) is 1.27. The SMILES string of the molecule is Cc1ccc(C(C)NCc2nn[nH]n2)cc1[N+](=O)[O-]. The highest BCUT2D eigenvalue weighted by molar-refractivity contribution is 5.43. The zero-order valence-corrected chi connectivity index (χ0v) is 10.6. The molecular formula is C11H14N6O2. The molecule has 0 spiro atoms.